The van der Waals surface area contributed by atoms with E-state index < -0.39 is 0 Å². The third-order valence-electron chi connectivity index (χ3n) is 1.35. The third kappa shape index (κ3) is 2.11. The average molecular weight is 188 g/mol. The van der Waals surface area contributed by atoms with Crippen molar-refractivity contribution in [3.8, 4) is 0 Å². The topological polar surface area (TPSA) is 21.7 Å². The van der Waals surface area contributed by atoms with E-state index in [4.69, 9.17) is 21.3 Å². The van der Waals surface area contributed by atoms with Crippen LogP contribution in [0.1, 0.15) is 0 Å². The zero-order valence-electron chi connectivity index (χ0n) is 6.95. The Morgan fingerprint density at radius 3 is 2.42 bits per heavy atom. The normalized spacial score (nSPS) is 9.92. The van der Waals surface area contributed by atoms with Crippen molar-refractivity contribution in [2.45, 2.75) is 0 Å². The molecule has 0 aliphatic carbocycles. The van der Waals surface area contributed by atoms with Gasteiger partial charge in [-0.05, 0) is 18.2 Å². The van der Waals surface area contributed by atoms with Crippen molar-refractivity contribution >= 4 is 17.3 Å². The molecule has 1 aromatic carbocycles. The first-order valence-corrected chi connectivity index (χ1v) is 3.79. The summed E-state index contributed by atoms with van der Waals surface area (Å²) in [6.45, 7) is 0. The zero-order chi connectivity index (χ0) is 8.97. The molecule has 0 fully saturated rings. The van der Waals surface area contributed by atoms with Gasteiger partial charge in [-0.15, -0.1) is 5.23 Å². The smallest absolute Gasteiger partial charge is 0.0961 e. The van der Waals surface area contributed by atoms with Crippen molar-refractivity contribution in [3.05, 3.63) is 29.3 Å². The molecule has 0 aromatic heterocycles. The zero-order valence-corrected chi connectivity index (χ0v) is 7.71. The van der Waals surface area contributed by atoms with E-state index in [0.717, 1.165) is 5.69 Å². The fourth-order valence-corrected chi connectivity index (χ4v) is 1.06. The number of halogens is 1. The number of hydrogen-bond acceptors (Lipinski definition) is 3. The molecule has 1 rings (SSSR count). The molecular formula is C8H10ClNO2. The van der Waals surface area contributed by atoms with Crippen LogP contribution in [0, 0.1) is 0 Å². The monoisotopic (exact) mass is 187 g/mol. The fourth-order valence-electron chi connectivity index (χ4n) is 0.875. The SMILES string of the molecule is CON(OC)c1cccc(Cl)c1. The van der Waals surface area contributed by atoms with Crippen LogP contribution in [-0.4, -0.2) is 14.2 Å². The molecule has 66 valence electrons. The van der Waals surface area contributed by atoms with Gasteiger partial charge in [0.1, 0.15) is 0 Å². The molecular weight excluding hydrogens is 178 g/mol. The van der Waals surface area contributed by atoms with E-state index in [1.54, 1.807) is 12.1 Å². The summed E-state index contributed by atoms with van der Waals surface area (Å²) in [5.74, 6) is 0. The molecule has 0 spiro atoms. The number of benzene rings is 1. The summed E-state index contributed by atoms with van der Waals surface area (Å²) in [6, 6.07) is 7.19. The minimum absolute atomic E-state index is 0.645. The summed E-state index contributed by atoms with van der Waals surface area (Å²) < 4.78 is 0. The molecule has 3 nitrogen and oxygen atoms in total. The van der Waals surface area contributed by atoms with Gasteiger partial charge in [-0.2, -0.15) is 0 Å². The van der Waals surface area contributed by atoms with Gasteiger partial charge in [0.2, 0.25) is 0 Å². The largest absolute Gasteiger partial charge is 0.252 e. The van der Waals surface area contributed by atoms with Crippen molar-refractivity contribution in [2.24, 2.45) is 0 Å². The van der Waals surface area contributed by atoms with Gasteiger partial charge in [0, 0.05) is 5.02 Å². The standard InChI is InChI=1S/C8H10ClNO2/c1-11-10(12-2)8-5-3-4-7(9)6-8/h3-6H,1-2H3. The maximum absolute atomic E-state index is 5.77. The van der Waals surface area contributed by atoms with Crippen LogP contribution in [0.25, 0.3) is 0 Å². The summed E-state index contributed by atoms with van der Waals surface area (Å²) >= 11 is 5.77. The average Bonchev–Trinajstić information content (AvgIpc) is 2.07. The van der Waals surface area contributed by atoms with Gasteiger partial charge >= 0.3 is 0 Å². The Kier molecular flexibility index (Phi) is 3.34. The van der Waals surface area contributed by atoms with Gasteiger partial charge in [-0.3, -0.25) is 9.68 Å². The van der Waals surface area contributed by atoms with Crippen LogP contribution >= 0.6 is 11.6 Å². The lowest BCUT2D eigenvalue weighted by atomic mass is 10.3. The van der Waals surface area contributed by atoms with Gasteiger partial charge in [0.15, 0.2) is 0 Å². The minimum Gasteiger partial charge on any atom is -0.252 e. The summed E-state index contributed by atoms with van der Waals surface area (Å²) in [4.78, 5) is 9.79. The molecule has 0 atom stereocenters. The van der Waals surface area contributed by atoms with Crippen LogP contribution < -0.4 is 5.23 Å². The highest BCUT2D eigenvalue weighted by Crippen LogP contribution is 2.18. The second-order valence-electron chi connectivity index (χ2n) is 2.10. The third-order valence-corrected chi connectivity index (χ3v) is 1.59. The molecule has 12 heavy (non-hydrogen) atoms. The second-order valence-corrected chi connectivity index (χ2v) is 2.54. The van der Waals surface area contributed by atoms with Crippen molar-refractivity contribution in [1.29, 1.82) is 0 Å². The predicted molar refractivity (Wildman–Crippen MR) is 47.9 cm³/mol. The second kappa shape index (κ2) is 4.30. The molecule has 0 saturated heterocycles. The summed E-state index contributed by atoms with van der Waals surface area (Å²) in [7, 11) is 3.04. The van der Waals surface area contributed by atoms with E-state index in [1.165, 1.54) is 19.4 Å². The lowest BCUT2D eigenvalue weighted by Gasteiger charge is -2.17. The van der Waals surface area contributed by atoms with Crippen LogP contribution in [0.15, 0.2) is 24.3 Å². The van der Waals surface area contributed by atoms with Crippen LogP contribution in [0.2, 0.25) is 5.02 Å². The van der Waals surface area contributed by atoms with Crippen LogP contribution in [-0.2, 0) is 9.68 Å². The molecule has 1 aromatic rings. The first kappa shape index (κ1) is 9.32. The van der Waals surface area contributed by atoms with Crippen molar-refractivity contribution in [1.82, 2.24) is 0 Å². The van der Waals surface area contributed by atoms with Gasteiger partial charge in [0.25, 0.3) is 0 Å². The van der Waals surface area contributed by atoms with E-state index in [-0.39, 0.29) is 0 Å². The first-order chi connectivity index (χ1) is 5.77. The maximum Gasteiger partial charge on any atom is 0.0961 e. The Labute approximate surface area is 76.4 Å². The highest BCUT2D eigenvalue weighted by Gasteiger charge is 2.03. The van der Waals surface area contributed by atoms with E-state index in [2.05, 4.69) is 0 Å². The summed E-state index contributed by atoms with van der Waals surface area (Å²) in [5, 5.41) is 1.91. The van der Waals surface area contributed by atoms with Crippen molar-refractivity contribution in [3.63, 3.8) is 0 Å². The van der Waals surface area contributed by atoms with Gasteiger partial charge in [-0.25, -0.2) is 0 Å². The number of rotatable bonds is 3. The minimum atomic E-state index is 0.645. The maximum atomic E-state index is 5.77. The highest BCUT2D eigenvalue weighted by atomic mass is 35.5. The van der Waals surface area contributed by atoms with Gasteiger partial charge in [0.05, 0.1) is 19.9 Å². The Morgan fingerprint density at radius 1 is 1.25 bits per heavy atom. The predicted octanol–water partition coefficient (Wildman–Crippen LogP) is 2.27. The summed E-state index contributed by atoms with van der Waals surface area (Å²) in [5.41, 5.74) is 0.757. The fraction of sp³-hybridized carbons (Fsp3) is 0.250. The Morgan fingerprint density at radius 2 is 1.92 bits per heavy atom. The molecule has 0 aliphatic rings. The van der Waals surface area contributed by atoms with E-state index in [1.807, 2.05) is 12.1 Å². The molecule has 0 unspecified atom stereocenters. The number of anilines is 1. The van der Waals surface area contributed by atoms with Crippen LogP contribution in [0.5, 0.6) is 0 Å². The lowest BCUT2D eigenvalue weighted by Crippen LogP contribution is -2.19. The van der Waals surface area contributed by atoms with Crippen LogP contribution in [0.4, 0.5) is 5.69 Å². The molecule has 0 N–H and O–H groups in total. The Bertz CT molecular complexity index is 251. The highest BCUT2D eigenvalue weighted by molar-refractivity contribution is 6.30. The van der Waals surface area contributed by atoms with Crippen molar-refractivity contribution in [2.75, 3.05) is 19.4 Å². The molecule has 0 heterocycles. The molecule has 0 bridgehead atoms. The quantitative estimate of drug-likeness (QED) is 0.678. The van der Waals surface area contributed by atoms with E-state index in [0.29, 0.717) is 5.02 Å². The number of nitrogens with zero attached hydrogens (tertiary/aromatic N) is 1. The Balaban J connectivity index is 2.85. The summed E-state index contributed by atoms with van der Waals surface area (Å²) in [6.07, 6.45) is 0. The molecule has 0 aliphatic heterocycles. The van der Waals surface area contributed by atoms with Crippen molar-refractivity contribution < 1.29 is 9.68 Å². The first-order valence-electron chi connectivity index (χ1n) is 3.42. The molecule has 4 heteroatoms. The molecule has 0 radical (unpaired) electrons. The number of hydrogen-bond donors (Lipinski definition) is 0. The lowest BCUT2D eigenvalue weighted by molar-refractivity contribution is -0.0433. The van der Waals surface area contributed by atoms with Crippen LogP contribution in [0.3, 0.4) is 0 Å². The van der Waals surface area contributed by atoms with E-state index in [9.17, 15) is 0 Å². The Hall–Kier alpha value is -0.770. The molecule has 0 saturated carbocycles. The van der Waals surface area contributed by atoms with E-state index >= 15 is 0 Å². The molecule has 0 amide bonds. The van der Waals surface area contributed by atoms with Gasteiger partial charge in [-0.1, -0.05) is 17.7 Å². The van der Waals surface area contributed by atoms with Gasteiger partial charge < -0.3 is 0 Å².